The number of aromatic nitrogens is 2. The summed E-state index contributed by atoms with van der Waals surface area (Å²) in [5, 5.41) is 15.5. The zero-order valence-corrected chi connectivity index (χ0v) is 10.7. The maximum absolute atomic E-state index is 12.4. The average Bonchev–Trinajstić information content (AvgIpc) is 2.75. The lowest BCUT2D eigenvalue weighted by Gasteiger charge is -2.25. The molecular weight excluding hydrogens is 263 g/mol. The first kappa shape index (κ1) is 15.5. The lowest BCUT2D eigenvalue weighted by atomic mass is 9.98. The highest BCUT2D eigenvalue weighted by molar-refractivity contribution is 5.78. The van der Waals surface area contributed by atoms with Crippen LogP contribution in [-0.2, 0) is 17.5 Å². The molecule has 8 heteroatoms. The van der Waals surface area contributed by atoms with Gasteiger partial charge in [-0.15, -0.1) is 0 Å². The van der Waals surface area contributed by atoms with Gasteiger partial charge in [0.2, 0.25) is 0 Å². The van der Waals surface area contributed by atoms with E-state index >= 15 is 0 Å². The molecule has 1 aromatic rings. The zero-order valence-electron chi connectivity index (χ0n) is 10.7. The van der Waals surface area contributed by atoms with Gasteiger partial charge in [0.1, 0.15) is 5.54 Å². The van der Waals surface area contributed by atoms with Gasteiger partial charge in [-0.3, -0.25) is 9.48 Å². The molecule has 0 saturated carbocycles. The predicted molar refractivity (Wildman–Crippen MR) is 61.6 cm³/mol. The number of aliphatic carboxylic acids is 1. The third-order valence-electron chi connectivity index (χ3n) is 2.84. The maximum atomic E-state index is 12.4. The lowest BCUT2D eigenvalue weighted by molar-refractivity contribution is -0.144. The first-order valence-corrected chi connectivity index (χ1v) is 5.77. The first-order valence-electron chi connectivity index (χ1n) is 5.77. The molecule has 1 heterocycles. The molecule has 0 aliphatic rings. The summed E-state index contributed by atoms with van der Waals surface area (Å²) in [5.41, 5.74) is -2.02. The molecule has 1 rings (SSSR count). The summed E-state index contributed by atoms with van der Waals surface area (Å²) < 4.78 is 38.2. The van der Waals surface area contributed by atoms with E-state index in [9.17, 15) is 18.0 Å². The fourth-order valence-corrected chi connectivity index (χ4v) is 1.63. The summed E-state index contributed by atoms with van der Waals surface area (Å²) in [6.07, 6.45) is -2.70. The van der Waals surface area contributed by atoms with Gasteiger partial charge >= 0.3 is 12.1 Å². The fraction of sp³-hybridized carbons (Fsp3) is 0.636. The first-order chi connectivity index (χ1) is 8.69. The van der Waals surface area contributed by atoms with Crippen LogP contribution < -0.4 is 5.32 Å². The molecule has 1 unspecified atom stereocenters. The van der Waals surface area contributed by atoms with Gasteiger partial charge in [-0.1, -0.05) is 6.92 Å². The van der Waals surface area contributed by atoms with Gasteiger partial charge in [0, 0.05) is 12.7 Å². The van der Waals surface area contributed by atoms with E-state index in [4.69, 9.17) is 5.11 Å². The van der Waals surface area contributed by atoms with Crippen molar-refractivity contribution in [3.05, 3.63) is 18.0 Å². The number of nitrogens with one attached hydrogen (secondary N) is 1. The van der Waals surface area contributed by atoms with Crippen LogP contribution in [0.15, 0.2) is 12.4 Å². The molecule has 0 aliphatic carbocycles. The van der Waals surface area contributed by atoms with Crippen molar-refractivity contribution in [1.82, 2.24) is 15.1 Å². The van der Waals surface area contributed by atoms with Crippen LogP contribution in [0.3, 0.4) is 0 Å². The second kappa shape index (κ2) is 5.60. The van der Waals surface area contributed by atoms with Crippen molar-refractivity contribution in [2.24, 2.45) is 0 Å². The number of hydrogen-bond acceptors (Lipinski definition) is 3. The zero-order chi connectivity index (χ0) is 14.7. The number of halogens is 3. The third kappa shape index (κ3) is 3.95. The van der Waals surface area contributed by atoms with Crippen molar-refractivity contribution in [2.45, 2.75) is 38.5 Å². The number of hydrogen-bond donors (Lipinski definition) is 2. The minimum absolute atomic E-state index is 0.0892. The van der Waals surface area contributed by atoms with Gasteiger partial charge in [-0.05, 0) is 19.9 Å². The van der Waals surface area contributed by atoms with Crippen molar-refractivity contribution in [3.63, 3.8) is 0 Å². The average molecular weight is 279 g/mol. The normalized spacial score (nSPS) is 15.2. The SMILES string of the molecule is CCNC(C)(CCn1cc(C(F)(F)F)cn1)C(=O)O. The molecule has 0 radical (unpaired) electrons. The number of carboxylic acid groups (broad SMARTS) is 1. The Labute approximate surface area is 108 Å². The molecule has 1 aromatic heterocycles. The number of carbonyl (C=O) groups is 1. The van der Waals surface area contributed by atoms with Crippen LogP contribution in [0.25, 0.3) is 0 Å². The molecule has 0 fully saturated rings. The predicted octanol–water partition coefficient (Wildman–Crippen LogP) is 1.74. The Morgan fingerprint density at radius 1 is 1.53 bits per heavy atom. The van der Waals surface area contributed by atoms with Crippen LogP contribution in [0.1, 0.15) is 25.8 Å². The molecule has 108 valence electrons. The van der Waals surface area contributed by atoms with Crippen LogP contribution in [-0.4, -0.2) is 32.9 Å². The smallest absolute Gasteiger partial charge is 0.419 e. The van der Waals surface area contributed by atoms with Crippen molar-refractivity contribution in [1.29, 1.82) is 0 Å². The summed E-state index contributed by atoms with van der Waals surface area (Å²) in [5.74, 6) is -1.04. The molecular formula is C11H16F3N3O2. The second-order valence-electron chi connectivity index (χ2n) is 4.41. The number of rotatable bonds is 6. The highest BCUT2D eigenvalue weighted by atomic mass is 19.4. The van der Waals surface area contributed by atoms with Gasteiger partial charge in [-0.25, -0.2) is 0 Å². The van der Waals surface area contributed by atoms with E-state index in [2.05, 4.69) is 10.4 Å². The molecule has 0 spiro atoms. The Hall–Kier alpha value is -1.57. The standard InChI is InChI=1S/C11H16F3N3O2/c1-3-15-10(2,9(18)19)4-5-17-7-8(6-16-17)11(12,13)14/h6-7,15H,3-5H2,1-2H3,(H,18,19). The molecule has 0 amide bonds. The van der Waals surface area contributed by atoms with E-state index in [1.165, 1.54) is 6.92 Å². The van der Waals surface area contributed by atoms with E-state index in [0.29, 0.717) is 6.54 Å². The summed E-state index contributed by atoms with van der Waals surface area (Å²) in [4.78, 5) is 11.1. The number of aryl methyl sites for hydroxylation is 1. The summed E-state index contributed by atoms with van der Waals surface area (Å²) >= 11 is 0. The fourth-order valence-electron chi connectivity index (χ4n) is 1.63. The van der Waals surface area contributed by atoms with Gasteiger partial charge in [0.25, 0.3) is 0 Å². The maximum Gasteiger partial charge on any atom is 0.419 e. The van der Waals surface area contributed by atoms with E-state index in [1.54, 1.807) is 6.92 Å². The minimum Gasteiger partial charge on any atom is -0.480 e. The van der Waals surface area contributed by atoms with Crippen LogP contribution in [0.5, 0.6) is 0 Å². The van der Waals surface area contributed by atoms with Gasteiger partial charge in [0.15, 0.2) is 0 Å². The van der Waals surface area contributed by atoms with Crippen molar-refractivity contribution >= 4 is 5.97 Å². The molecule has 0 aliphatic heterocycles. The highest BCUT2D eigenvalue weighted by Gasteiger charge is 2.34. The van der Waals surface area contributed by atoms with Crippen molar-refractivity contribution in [2.75, 3.05) is 6.54 Å². The topological polar surface area (TPSA) is 67.2 Å². The molecule has 19 heavy (non-hydrogen) atoms. The van der Waals surface area contributed by atoms with E-state index in [0.717, 1.165) is 17.1 Å². The molecule has 0 aromatic carbocycles. The van der Waals surface area contributed by atoms with E-state index in [1.807, 2.05) is 0 Å². The Bertz CT molecular complexity index is 445. The van der Waals surface area contributed by atoms with Crippen LogP contribution in [0.2, 0.25) is 0 Å². The van der Waals surface area contributed by atoms with Crippen LogP contribution in [0.4, 0.5) is 13.2 Å². The van der Waals surface area contributed by atoms with Crippen LogP contribution >= 0.6 is 0 Å². The Morgan fingerprint density at radius 2 is 2.16 bits per heavy atom. The number of carboxylic acids is 1. The monoisotopic (exact) mass is 279 g/mol. The van der Waals surface area contributed by atoms with Crippen molar-refractivity contribution in [3.8, 4) is 0 Å². The Balaban J connectivity index is 2.70. The Kier molecular flexibility index (Phi) is 4.56. The van der Waals surface area contributed by atoms with Crippen LogP contribution in [0, 0.1) is 0 Å². The number of alkyl halides is 3. The molecule has 1 atom stereocenters. The van der Waals surface area contributed by atoms with Gasteiger partial charge < -0.3 is 10.4 Å². The molecule has 0 saturated heterocycles. The highest BCUT2D eigenvalue weighted by Crippen LogP contribution is 2.28. The largest absolute Gasteiger partial charge is 0.480 e. The molecule has 0 bridgehead atoms. The Morgan fingerprint density at radius 3 is 2.58 bits per heavy atom. The van der Waals surface area contributed by atoms with E-state index in [-0.39, 0.29) is 13.0 Å². The third-order valence-corrected chi connectivity index (χ3v) is 2.84. The number of nitrogens with zero attached hydrogens (tertiary/aromatic N) is 2. The number of likely N-dealkylation sites (N-methyl/N-ethyl adjacent to an activating group) is 1. The minimum atomic E-state index is -4.43. The van der Waals surface area contributed by atoms with Crippen molar-refractivity contribution < 1.29 is 23.1 Å². The molecule has 5 nitrogen and oxygen atoms in total. The second-order valence-corrected chi connectivity index (χ2v) is 4.41. The van der Waals surface area contributed by atoms with E-state index < -0.39 is 23.2 Å². The summed E-state index contributed by atoms with van der Waals surface area (Å²) in [6, 6.07) is 0. The lowest BCUT2D eigenvalue weighted by Crippen LogP contribution is -2.50. The van der Waals surface area contributed by atoms with Gasteiger partial charge in [-0.2, -0.15) is 18.3 Å². The quantitative estimate of drug-likeness (QED) is 0.832. The molecule has 2 N–H and O–H groups in total. The summed E-state index contributed by atoms with van der Waals surface area (Å²) in [7, 11) is 0. The van der Waals surface area contributed by atoms with Gasteiger partial charge in [0.05, 0.1) is 11.8 Å². The summed E-state index contributed by atoms with van der Waals surface area (Å²) in [6.45, 7) is 3.80.